The van der Waals surface area contributed by atoms with Crippen LogP contribution in [0.4, 0.5) is 5.69 Å². The van der Waals surface area contributed by atoms with Gasteiger partial charge in [-0.15, -0.1) is 0 Å². The number of carbonyl (C=O) groups is 1. The minimum absolute atomic E-state index is 0.0414. The first-order chi connectivity index (χ1) is 10.8. The van der Waals surface area contributed by atoms with Crippen LogP contribution in [-0.2, 0) is 9.84 Å². The number of amides is 1. The molecule has 1 saturated heterocycles. The van der Waals surface area contributed by atoms with E-state index in [1.807, 2.05) is 24.3 Å². The van der Waals surface area contributed by atoms with Gasteiger partial charge in [-0.25, -0.2) is 8.42 Å². The molecule has 0 aromatic heterocycles. The van der Waals surface area contributed by atoms with Gasteiger partial charge in [-0.1, -0.05) is 0 Å². The van der Waals surface area contributed by atoms with Crippen LogP contribution in [-0.4, -0.2) is 45.0 Å². The van der Waals surface area contributed by atoms with E-state index >= 15 is 0 Å². The number of carbonyl (C=O) groups excluding carboxylic acids is 1. The molecule has 1 aromatic carbocycles. The lowest BCUT2D eigenvalue weighted by Crippen LogP contribution is -2.31. The number of sulfone groups is 1. The maximum absolute atomic E-state index is 12.2. The van der Waals surface area contributed by atoms with Crippen LogP contribution in [0.3, 0.4) is 0 Å². The fourth-order valence-corrected chi connectivity index (χ4v) is 4.88. The van der Waals surface area contributed by atoms with Crippen molar-refractivity contribution in [2.75, 3.05) is 29.5 Å². The van der Waals surface area contributed by atoms with Gasteiger partial charge in [0.25, 0.3) is 5.91 Å². The second kappa shape index (κ2) is 7.34. The highest BCUT2D eigenvalue weighted by atomic mass is 32.2. The first-order valence-electron chi connectivity index (χ1n) is 8.17. The van der Waals surface area contributed by atoms with Gasteiger partial charge >= 0.3 is 0 Å². The van der Waals surface area contributed by atoms with E-state index in [4.69, 9.17) is 0 Å². The van der Waals surface area contributed by atoms with Gasteiger partial charge in [-0.05, 0) is 57.4 Å². The summed E-state index contributed by atoms with van der Waals surface area (Å²) in [6, 6.07) is 7.96. The second-order valence-corrected chi connectivity index (χ2v) is 8.63. The number of anilines is 1. The maximum Gasteiger partial charge on any atom is 0.251 e. The van der Waals surface area contributed by atoms with Crippen LogP contribution in [0.15, 0.2) is 24.3 Å². The Morgan fingerprint density at radius 3 is 2.43 bits per heavy atom. The zero-order valence-electron chi connectivity index (χ0n) is 14.1. The first-order valence-corrected chi connectivity index (χ1v) is 10.00. The standard InChI is InChI=1S/C17H26N2O3S/c1-4-19(13(2)3)16-7-5-15(6-8-16)17(20)18-11-14-9-10-23(21,22)12-14/h5-8,13-14H,4,9-12H2,1-3H3,(H,18,20). The number of nitrogens with zero attached hydrogens (tertiary/aromatic N) is 1. The highest BCUT2D eigenvalue weighted by Crippen LogP contribution is 2.19. The van der Waals surface area contributed by atoms with Gasteiger partial charge in [0.2, 0.25) is 0 Å². The molecule has 2 rings (SSSR count). The van der Waals surface area contributed by atoms with Crippen molar-refractivity contribution in [3.8, 4) is 0 Å². The third-order valence-electron chi connectivity index (χ3n) is 4.30. The summed E-state index contributed by atoms with van der Waals surface area (Å²) in [6.45, 7) is 7.72. The lowest BCUT2D eigenvalue weighted by atomic mass is 10.1. The number of benzene rings is 1. The Labute approximate surface area is 139 Å². The molecule has 0 saturated carbocycles. The zero-order valence-corrected chi connectivity index (χ0v) is 14.9. The summed E-state index contributed by atoms with van der Waals surface area (Å²) in [5, 5.41) is 2.85. The van der Waals surface area contributed by atoms with Crippen LogP contribution >= 0.6 is 0 Å². The van der Waals surface area contributed by atoms with Crippen molar-refractivity contribution >= 4 is 21.4 Å². The molecule has 0 radical (unpaired) electrons. The topological polar surface area (TPSA) is 66.5 Å². The van der Waals surface area contributed by atoms with Gasteiger partial charge in [0.1, 0.15) is 0 Å². The summed E-state index contributed by atoms with van der Waals surface area (Å²) in [5.41, 5.74) is 1.70. The Balaban J connectivity index is 1.93. The fourth-order valence-electron chi connectivity index (χ4n) is 3.02. The summed E-state index contributed by atoms with van der Waals surface area (Å²) in [5.74, 6) is 0.323. The van der Waals surface area contributed by atoms with Crippen LogP contribution in [0.25, 0.3) is 0 Å². The normalized spacial score (nSPS) is 19.7. The van der Waals surface area contributed by atoms with E-state index in [-0.39, 0.29) is 23.3 Å². The van der Waals surface area contributed by atoms with E-state index in [1.54, 1.807) is 0 Å². The smallest absolute Gasteiger partial charge is 0.251 e. The molecule has 0 bridgehead atoms. The Hall–Kier alpha value is -1.56. The number of hydrogen-bond acceptors (Lipinski definition) is 4. The Morgan fingerprint density at radius 2 is 1.96 bits per heavy atom. The highest BCUT2D eigenvalue weighted by molar-refractivity contribution is 7.91. The molecule has 1 heterocycles. The summed E-state index contributed by atoms with van der Waals surface area (Å²) in [7, 11) is -2.89. The van der Waals surface area contributed by atoms with Crippen LogP contribution in [0, 0.1) is 5.92 Å². The van der Waals surface area contributed by atoms with Crippen molar-refractivity contribution in [1.29, 1.82) is 0 Å². The van der Waals surface area contributed by atoms with Crippen molar-refractivity contribution < 1.29 is 13.2 Å². The third kappa shape index (κ3) is 4.70. The molecule has 1 aliphatic rings. The molecule has 128 valence electrons. The summed E-state index contributed by atoms with van der Waals surface area (Å²) >= 11 is 0. The van der Waals surface area contributed by atoms with Crippen molar-refractivity contribution in [1.82, 2.24) is 5.32 Å². The first kappa shape index (κ1) is 17.8. The predicted molar refractivity (Wildman–Crippen MR) is 93.7 cm³/mol. The molecule has 1 N–H and O–H groups in total. The second-order valence-electron chi connectivity index (χ2n) is 6.41. The lowest BCUT2D eigenvalue weighted by molar-refractivity contribution is 0.0948. The van der Waals surface area contributed by atoms with Crippen molar-refractivity contribution in [2.45, 2.75) is 33.2 Å². The van der Waals surface area contributed by atoms with E-state index in [9.17, 15) is 13.2 Å². The van der Waals surface area contributed by atoms with Gasteiger partial charge in [0.15, 0.2) is 9.84 Å². The van der Waals surface area contributed by atoms with Crippen molar-refractivity contribution in [2.24, 2.45) is 5.92 Å². The average Bonchev–Trinajstić information content (AvgIpc) is 2.85. The lowest BCUT2D eigenvalue weighted by Gasteiger charge is -2.27. The molecular formula is C17H26N2O3S. The van der Waals surface area contributed by atoms with E-state index in [0.29, 0.717) is 24.6 Å². The Bertz CT molecular complexity index is 638. The van der Waals surface area contributed by atoms with E-state index in [2.05, 4.69) is 31.0 Å². The molecule has 1 aromatic rings. The van der Waals surface area contributed by atoms with E-state index in [1.165, 1.54) is 0 Å². The third-order valence-corrected chi connectivity index (χ3v) is 6.14. The number of hydrogen-bond donors (Lipinski definition) is 1. The molecule has 0 aliphatic carbocycles. The van der Waals surface area contributed by atoms with Crippen LogP contribution in [0.5, 0.6) is 0 Å². The monoisotopic (exact) mass is 338 g/mol. The molecule has 6 heteroatoms. The molecule has 5 nitrogen and oxygen atoms in total. The quantitative estimate of drug-likeness (QED) is 0.862. The molecular weight excluding hydrogens is 312 g/mol. The average molecular weight is 338 g/mol. The Kier molecular flexibility index (Phi) is 5.68. The molecule has 1 amide bonds. The van der Waals surface area contributed by atoms with Gasteiger partial charge < -0.3 is 10.2 Å². The highest BCUT2D eigenvalue weighted by Gasteiger charge is 2.27. The summed E-state index contributed by atoms with van der Waals surface area (Å²) in [6.07, 6.45) is 0.640. The molecule has 1 atom stereocenters. The van der Waals surface area contributed by atoms with E-state index < -0.39 is 9.84 Å². The molecule has 0 spiro atoms. The molecule has 1 unspecified atom stereocenters. The van der Waals surface area contributed by atoms with Gasteiger partial charge in [0, 0.05) is 30.4 Å². The minimum atomic E-state index is -2.89. The maximum atomic E-state index is 12.2. The van der Waals surface area contributed by atoms with Gasteiger partial charge in [0.05, 0.1) is 11.5 Å². The molecule has 23 heavy (non-hydrogen) atoms. The number of nitrogens with one attached hydrogen (secondary N) is 1. The van der Waals surface area contributed by atoms with Crippen molar-refractivity contribution in [3.05, 3.63) is 29.8 Å². The van der Waals surface area contributed by atoms with Crippen molar-refractivity contribution in [3.63, 3.8) is 0 Å². The van der Waals surface area contributed by atoms with Gasteiger partial charge in [-0.3, -0.25) is 4.79 Å². The minimum Gasteiger partial charge on any atom is -0.369 e. The number of rotatable bonds is 6. The molecule has 1 fully saturated rings. The summed E-state index contributed by atoms with van der Waals surface area (Å²) < 4.78 is 22.8. The van der Waals surface area contributed by atoms with Gasteiger partial charge in [-0.2, -0.15) is 0 Å². The van der Waals surface area contributed by atoms with Crippen LogP contribution in [0.2, 0.25) is 0 Å². The SMILES string of the molecule is CCN(c1ccc(C(=O)NCC2CCS(=O)(=O)C2)cc1)C(C)C. The molecule has 1 aliphatic heterocycles. The Morgan fingerprint density at radius 1 is 1.30 bits per heavy atom. The van der Waals surface area contributed by atoms with E-state index in [0.717, 1.165) is 12.2 Å². The summed E-state index contributed by atoms with van der Waals surface area (Å²) in [4.78, 5) is 14.4. The fraction of sp³-hybridized carbons (Fsp3) is 0.588. The largest absolute Gasteiger partial charge is 0.369 e. The predicted octanol–water partition coefficient (Wildman–Crippen LogP) is 2.09. The van der Waals surface area contributed by atoms with Crippen LogP contribution in [0.1, 0.15) is 37.6 Å². The zero-order chi connectivity index (χ0) is 17.0. The van der Waals surface area contributed by atoms with Crippen LogP contribution < -0.4 is 10.2 Å².